The Morgan fingerprint density at radius 3 is 2.62 bits per heavy atom. The standard InChI is InChI=1S/C11H16BrNO2S/c1-13(2)10(9-3-8(12)4-16-9)11(5-14)6-15-7-11/h3-4,10,14H,5-7H2,1-2H3. The summed E-state index contributed by atoms with van der Waals surface area (Å²) in [5.41, 5.74) is -0.131. The van der Waals surface area contributed by atoms with E-state index in [9.17, 15) is 5.11 Å². The average molecular weight is 306 g/mol. The molecule has 0 saturated carbocycles. The monoisotopic (exact) mass is 305 g/mol. The molecule has 1 unspecified atom stereocenters. The van der Waals surface area contributed by atoms with Gasteiger partial charge in [0, 0.05) is 14.7 Å². The van der Waals surface area contributed by atoms with Crippen LogP contribution in [0.1, 0.15) is 10.9 Å². The Hall–Kier alpha value is 0.0600. The van der Waals surface area contributed by atoms with Crippen LogP contribution < -0.4 is 0 Å². The number of rotatable bonds is 4. The van der Waals surface area contributed by atoms with Crippen LogP contribution in [0.5, 0.6) is 0 Å². The van der Waals surface area contributed by atoms with Gasteiger partial charge in [0.1, 0.15) is 0 Å². The first kappa shape index (κ1) is 12.5. The number of hydrogen-bond acceptors (Lipinski definition) is 4. The molecule has 2 heterocycles. The second-order valence-corrected chi connectivity index (χ2v) is 6.41. The van der Waals surface area contributed by atoms with Gasteiger partial charge in [-0.2, -0.15) is 0 Å². The molecule has 16 heavy (non-hydrogen) atoms. The molecule has 0 aliphatic carbocycles. The van der Waals surface area contributed by atoms with Crippen LogP contribution in [0.4, 0.5) is 0 Å². The summed E-state index contributed by atoms with van der Waals surface area (Å²) in [5, 5.41) is 11.7. The van der Waals surface area contributed by atoms with Gasteiger partial charge in [-0.3, -0.25) is 0 Å². The third-order valence-corrected chi connectivity index (χ3v) is 4.79. The average Bonchev–Trinajstić information content (AvgIpc) is 2.57. The van der Waals surface area contributed by atoms with E-state index in [4.69, 9.17) is 4.74 Å². The smallest absolute Gasteiger partial charge is 0.0606 e. The lowest BCUT2D eigenvalue weighted by Gasteiger charge is -2.48. The molecular formula is C11H16BrNO2S. The number of aliphatic hydroxyl groups is 1. The van der Waals surface area contributed by atoms with E-state index in [-0.39, 0.29) is 18.1 Å². The highest BCUT2D eigenvalue weighted by Crippen LogP contribution is 2.45. The first-order chi connectivity index (χ1) is 7.59. The van der Waals surface area contributed by atoms with Crippen LogP contribution in [0.2, 0.25) is 0 Å². The van der Waals surface area contributed by atoms with Crippen molar-refractivity contribution in [3.8, 4) is 0 Å². The van der Waals surface area contributed by atoms with E-state index < -0.39 is 0 Å². The second kappa shape index (κ2) is 4.74. The van der Waals surface area contributed by atoms with E-state index in [0.29, 0.717) is 13.2 Å². The third kappa shape index (κ3) is 2.07. The molecule has 1 aromatic heterocycles. The van der Waals surface area contributed by atoms with Crippen LogP contribution in [0.25, 0.3) is 0 Å². The van der Waals surface area contributed by atoms with Crippen LogP contribution in [0, 0.1) is 5.41 Å². The SMILES string of the molecule is CN(C)C(c1cc(Br)cs1)C1(CO)COC1. The fourth-order valence-corrected chi connectivity index (χ4v) is 4.06. The fraction of sp³-hybridized carbons (Fsp3) is 0.636. The third-order valence-electron chi connectivity index (χ3n) is 3.05. The Balaban J connectivity index is 2.30. The molecular weight excluding hydrogens is 290 g/mol. The molecule has 0 bridgehead atoms. The van der Waals surface area contributed by atoms with Gasteiger partial charge in [0.25, 0.3) is 0 Å². The number of hydrogen-bond donors (Lipinski definition) is 1. The highest BCUT2D eigenvalue weighted by Gasteiger charge is 2.47. The van der Waals surface area contributed by atoms with Crippen molar-refractivity contribution in [1.82, 2.24) is 4.90 Å². The summed E-state index contributed by atoms with van der Waals surface area (Å²) in [7, 11) is 4.10. The van der Waals surface area contributed by atoms with E-state index in [1.165, 1.54) is 4.88 Å². The summed E-state index contributed by atoms with van der Waals surface area (Å²) in [6, 6.07) is 2.35. The van der Waals surface area contributed by atoms with Crippen LogP contribution >= 0.6 is 27.3 Å². The van der Waals surface area contributed by atoms with Gasteiger partial charge in [0.15, 0.2) is 0 Å². The van der Waals surface area contributed by atoms with E-state index in [2.05, 4.69) is 32.3 Å². The summed E-state index contributed by atoms with van der Waals surface area (Å²) in [4.78, 5) is 3.44. The predicted octanol–water partition coefficient (Wildman–Crippen LogP) is 2.12. The number of aliphatic hydroxyl groups excluding tert-OH is 1. The number of thiophene rings is 1. The molecule has 3 nitrogen and oxygen atoms in total. The van der Waals surface area contributed by atoms with Gasteiger partial charge in [-0.05, 0) is 36.1 Å². The van der Waals surface area contributed by atoms with Crippen molar-refractivity contribution in [3.05, 3.63) is 20.8 Å². The number of nitrogens with zero attached hydrogens (tertiary/aromatic N) is 1. The van der Waals surface area contributed by atoms with Crippen molar-refractivity contribution in [2.24, 2.45) is 5.41 Å². The Kier molecular flexibility index (Phi) is 3.71. The molecule has 1 atom stereocenters. The van der Waals surface area contributed by atoms with Crippen LogP contribution in [0.3, 0.4) is 0 Å². The maximum atomic E-state index is 9.61. The first-order valence-electron chi connectivity index (χ1n) is 5.18. The van der Waals surface area contributed by atoms with Crippen LogP contribution in [0.15, 0.2) is 15.9 Å². The maximum absolute atomic E-state index is 9.61. The lowest BCUT2D eigenvalue weighted by molar-refractivity contribution is -0.171. The zero-order valence-corrected chi connectivity index (χ0v) is 11.8. The Morgan fingerprint density at radius 2 is 2.31 bits per heavy atom. The van der Waals surface area contributed by atoms with E-state index in [1.807, 2.05) is 14.1 Å². The largest absolute Gasteiger partial charge is 0.396 e. The minimum absolute atomic E-state index is 0.131. The van der Waals surface area contributed by atoms with Crippen LogP contribution in [-0.2, 0) is 4.74 Å². The summed E-state index contributed by atoms with van der Waals surface area (Å²) in [6.07, 6.45) is 0. The van der Waals surface area contributed by atoms with Gasteiger partial charge < -0.3 is 14.7 Å². The van der Waals surface area contributed by atoms with Crippen molar-refractivity contribution in [1.29, 1.82) is 0 Å². The molecule has 0 aromatic carbocycles. The fourth-order valence-electron chi connectivity index (χ4n) is 2.28. The highest BCUT2D eigenvalue weighted by molar-refractivity contribution is 9.10. The molecule has 5 heteroatoms. The van der Waals surface area contributed by atoms with Gasteiger partial charge in [-0.25, -0.2) is 0 Å². The molecule has 1 aliphatic rings. The molecule has 0 amide bonds. The summed E-state index contributed by atoms with van der Waals surface area (Å²) >= 11 is 5.20. The van der Waals surface area contributed by atoms with E-state index in [1.54, 1.807) is 11.3 Å². The van der Waals surface area contributed by atoms with Crippen molar-refractivity contribution < 1.29 is 9.84 Å². The molecule has 90 valence electrons. The minimum atomic E-state index is -0.131. The van der Waals surface area contributed by atoms with Gasteiger partial charge >= 0.3 is 0 Å². The van der Waals surface area contributed by atoms with Gasteiger partial charge in [0.05, 0.1) is 31.3 Å². The van der Waals surface area contributed by atoms with Gasteiger partial charge in [-0.1, -0.05) is 0 Å². The lowest BCUT2D eigenvalue weighted by Crippen LogP contribution is -2.53. The van der Waals surface area contributed by atoms with Crippen molar-refractivity contribution >= 4 is 27.3 Å². The quantitative estimate of drug-likeness (QED) is 0.925. The minimum Gasteiger partial charge on any atom is -0.396 e. The lowest BCUT2D eigenvalue weighted by atomic mass is 9.77. The zero-order valence-electron chi connectivity index (χ0n) is 9.44. The summed E-state index contributed by atoms with van der Waals surface area (Å²) in [6.45, 7) is 1.45. The normalized spacial score (nSPS) is 20.8. The molecule has 1 aliphatic heterocycles. The van der Waals surface area contributed by atoms with Crippen molar-refractivity contribution in [3.63, 3.8) is 0 Å². The van der Waals surface area contributed by atoms with Crippen molar-refractivity contribution in [2.45, 2.75) is 6.04 Å². The van der Waals surface area contributed by atoms with Crippen LogP contribution in [-0.4, -0.2) is 43.9 Å². The van der Waals surface area contributed by atoms with Crippen molar-refractivity contribution in [2.75, 3.05) is 33.9 Å². The van der Waals surface area contributed by atoms with Gasteiger partial charge in [-0.15, -0.1) is 11.3 Å². The maximum Gasteiger partial charge on any atom is 0.0606 e. The van der Waals surface area contributed by atoms with E-state index >= 15 is 0 Å². The number of ether oxygens (including phenoxy) is 1. The molecule has 0 spiro atoms. The molecule has 2 rings (SSSR count). The summed E-state index contributed by atoms with van der Waals surface area (Å²) < 4.78 is 6.40. The topological polar surface area (TPSA) is 32.7 Å². The van der Waals surface area contributed by atoms with E-state index in [0.717, 1.165) is 4.47 Å². The Morgan fingerprint density at radius 1 is 1.62 bits per heavy atom. The second-order valence-electron chi connectivity index (χ2n) is 4.55. The summed E-state index contributed by atoms with van der Waals surface area (Å²) in [5.74, 6) is 0. The molecule has 1 saturated heterocycles. The Bertz CT molecular complexity index is 357. The number of halogens is 1. The zero-order chi connectivity index (χ0) is 11.8. The molecule has 0 radical (unpaired) electrons. The first-order valence-corrected chi connectivity index (χ1v) is 6.85. The molecule has 1 fully saturated rings. The molecule has 1 aromatic rings. The van der Waals surface area contributed by atoms with Gasteiger partial charge in [0.2, 0.25) is 0 Å². The highest BCUT2D eigenvalue weighted by atomic mass is 79.9. The Labute approximate surface area is 108 Å². The predicted molar refractivity (Wildman–Crippen MR) is 68.8 cm³/mol. The molecule has 1 N–H and O–H groups in total.